The van der Waals surface area contributed by atoms with Crippen LogP contribution in [0.3, 0.4) is 0 Å². The molecule has 0 unspecified atom stereocenters. The molecule has 0 saturated carbocycles. The average molecular weight is 273 g/mol. The molecule has 0 fully saturated rings. The molecule has 7 heteroatoms. The van der Waals surface area contributed by atoms with E-state index in [0.717, 1.165) is 6.20 Å². The zero-order valence-corrected chi connectivity index (χ0v) is 10.6. The summed E-state index contributed by atoms with van der Waals surface area (Å²) in [4.78, 5) is 25.6. The molecule has 0 atom stereocenters. The number of hydrogen-bond donors (Lipinski definition) is 1. The summed E-state index contributed by atoms with van der Waals surface area (Å²) in [6, 6.07) is 7.90. The topological polar surface area (TPSA) is 94.4 Å². The molecule has 0 saturated heterocycles. The highest BCUT2D eigenvalue weighted by Gasteiger charge is 2.12. The van der Waals surface area contributed by atoms with Gasteiger partial charge in [-0.3, -0.25) is 19.9 Å². The van der Waals surface area contributed by atoms with Gasteiger partial charge in [-0.05, 0) is 24.3 Å². The van der Waals surface area contributed by atoms with E-state index < -0.39 is 10.8 Å². The van der Waals surface area contributed by atoms with Crippen molar-refractivity contribution < 1.29 is 14.5 Å². The largest absolute Gasteiger partial charge is 0.497 e. The fraction of sp³-hybridized carbons (Fsp3) is 0.0769. The van der Waals surface area contributed by atoms with Crippen LogP contribution in [0.4, 0.5) is 11.4 Å². The minimum atomic E-state index is -0.600. The van der Waals surface area contributed by atoms with Crippen LogP contribution in [-0.2, 0) is 0 Å². The number of benzene rings is 1. The van der Waals surface area contributed by atoms with Crippen molar-refractivity contribution >= 4 is 17.3 Å². The summed E-state index contributed by atoms with van der Waals surface area (Å²) in [5.41, 5.74) is 0.449. The number of methoxy groups -OCH3 is 1. The van der Waals surface area contributed by atoms with Crippen molar-refractivity contribution in [2.45, 2.75) is 0 Å². The van der Waals surface area contributed by atoms with Gasteiger partial charge in [0.05, 0.1) is 17.6 Å². The van der Waals surface area contributed by atoms with Gasteiger partial charge in [-0.15, -0.1) is 0 Å². The van der Waals surface area contributed by atoms with Gasteiger partial charge in [-0.2, -0.15) is 0 Å². The summed E-state index contributed by atoms with van der Waals surface area (Å²) < 4.78 is 5.00. The van der Waals surface area contributed by atoms with Gasteiger partial charge in [-0.25, -0.2) is 0 Å². The molecule has 0 radical (unpaired) electrons. The Morgan fingerprint density at radius 3 is 2.60 bits per heavy atom. The molecule has 7 nitrogen and oxygen atoms in total. The summed E-state index contributed by atoms with van der Waals surface area (Å²) in [6.45, 7) is 0. The molecule has 20 heavy (non-hydrogen) atoms. The van der Waals surface area contributed by atoms with Crippen LogP contribution < -0.4 is 10.1 Å². The van der Waals surface area contributed by atoms with E-state index in [1.807, 2.05) is 0 Å². The van der Waals surface area contributed by atoms with Gasteiger partial charge >= 0.3 is 0 Å². The van der Waals surface area contributed by atoms with Crippen LogP contribution in [0.2, 0.25) is 0 Å². The van der Waals surface area contributed by atoms with Crippen molar-refractivity contribution in [1.82, 2.24) is 4.98 Å². The summed E-state index contributed by atoms with van der Waals surface area (Å²) >= 11 is 0. The highest BCUT2D eigenvalue weighted by atomic mass is 16.6. The third-order valence-electron chi connectivity index (χ3n) is 2.54. The average Bonchev–Trinajstić information content (AvgIpc) is 2.48. The molecule has 1 aromatic carbocycles. The number of rotatable bonds is 4. The van der Waals surface area contributed by atoms with Crippen LogP contribution in [-0.4, -0.2) is 22.9 Å². The Bertz CT molecular complexity index is 640. The van der Waals surface area contributed by atoms with Crippen LogP contribution >= 0.6 is 0 Å². The Morgan fingerprint density at radius 1 is 1.30 bits per heavy atom. The molecule has 0 aliphatic heterocycles. The van der Waals surface area contributed by atoms with Crippen LogP contribution in [0.1, 0.15) is 10.4 Å². The number of anilines is 1. The predicted octanol–water partition coefficient (Wildman–Crippen LogP) is 2.25. The molecule has 0 bridgehead atoms. The van der Waals surface area contributed by atoms with Crippen molar-refractivity contribution in [2.75, 3.05) is 12.4 Å². The van der Waals surface area contributed by atoms with Gasteiger partial charge in [0, 0.05) is 18.0 Å². The normalized spacial score (nSPS) is 9.85. The molecule has 0 aliphatic rings. The van der Waals surface area contributed by atoms with Crippen molar-refractivity contribution in [3.05, 3.63) is 58.4 Å². The smallest absolute Gasteiger partial charge is 0.288 e. The van der Waals surface area contributed by atoms with E-state index in [4.69, 9.17) is 4.74 Å². The summed E-state index contributed by atoms with van der Waals surface area (Å²) in [5.74, 6) is 0.200. The van der Waals surface area contributed by atoms with Gasteiger partial charge in [0.25, 0.3) is 11.6 Å². The summed E-state index contributed by atoms with van der Waals surface area (Å²) in [5, 5.41) is 13.2. The number of aromatic nitrogens is 1. The monoisotopic (exact) mass is 273 g/mol. The first-order chi connectivity index (χ1) is 9.60. The molecule has 1 amide bonds. The molecule has 2 aromatic rings. The zero-order chi connectivity index (χ0) is 14.5. The number of amides is 1. The molecule has 0 spiro atoms. The lowest BCUT2D eigenvalue weighted by Crippen LogP contribution is -2.12. The quantitative estimate of drug-likeness (QED) is 0.681. The summed E-state index contributed by atoms with van der Waals surface area (Å²) in [6.07, 6.45) is 2.36. The standard InChI is InChI=1S/C13H11N3O4/c1-20-12-4-2-10(3-5-12)15-13(17)9-6-11(16(18)19)8-14-7-9/h2-8H,1H3,(H,15,17). The number of carbonyl (C=O) groups is 1. The fourth-order valence-electron chi connectivity index (χ4n) is 1.53. The number of ether oxygens (including phenoxy) is 1. The number of pyridine rings is 1. The van der Waals surface area contributed by atoms with Crippen LogP contribution in [0.25, 0.3) is 0 Å². The Kier molecular flexibility index (Phi) is 3.90. The lowest BCUT2D eigenvalue weighted by Gasteiger charge is -2.06. The van der Waals surface area contributed by atoms with Crippen molar-refractivity contribution in [3.63, 3.8) is 0 Å². The Morgan fingerprint density at radius 2 is 2.00 bits per heavy atom. The number of hydrogen-bond acceptors (Lipinski definition) is 5. The first kappa shape index (κ1) is 13.5. The third kappa shape index (κ3) is 3.08. The van der Waals surface area contributed by atoms with Gasteiger partial charge in [0.15, 0.2) is 0 Å². The maximum absolute atomic E-state index is 11.9. The van der Waals surface area contributed by atoms with E-state index in [1.165, 1.54) is 12.3 Å². The van der Waals surface area contributed by atoms with Gasteiger partial charge < -0.3 is 10.1 Å². The van der Waals surface area contributed by atoms with E-state index in [2.05, 4.69) is 10.3 Å². The molecular weight excluding hydrogens is 262 g/mol. The maximum Gasteiger partial charge on any atom is 0.288 e. The minimum absolute atomic E-state index is 0.120. The number of nitrogens with one attached hydrogen (secondary N) is 1. The van der Waals surface area contributed by atoms with Crippen LogP contribution in [0, 0.1) is 10.1 Å². The van der Waals surface area contributed by atoms with E-state index in [0.29, 0.717) is 11.4 Å². The molecule has 1 heterocycles. The maximum atomic E-state index is 11.9. The van der Waals surface area contributed by atoms with Crippen molar-refractivity contribution in [3.8, 4) is 5.75 Å². The Balaban J connectivity index is 2.14. The van der Waals surface area contributed by atoms with Crippen molar-refractivity contribution in [2.24, 2.45) is 0 Å². The first-order valence-electron chi connectivity index (χ1n) is 5.65. The van der Waals surface area contributed by atoms with Crippen LogP contribution in [0.15, 0.2) is 42.7 Å². The molecular formula is C13H11N3O4. The lowest BCUT2D eigenvalue weighted by molar-refractivity contribution is -0.385. The highest BCUT2D eigenvalue weighted by molar-refractivity contribution is 6.04. The predicted molar refractivity (Wildman–Crippen MR) is 71.8 cm³/mol. The molecule has 2 rings (SSSR count). The fourth-order valence-corrected chi connectivity index (χ4v) is 1.53. The van der Waals surface area contributed by atoms with Crippen LogP contribution in [0.5, 0.6) is 5.75 Å². The second-order valence-corrected chi connectivity index (χ2v) is 3.87. The highest BCUT2D eigenvalue weighted by Crippen LogP contribution is 2.17. The van der Waals surface area contributed by atoms with E-state index >= 15 is 0 Å². The Labute approximate surface area is 114 Å². The van der Waals surface area contributed by atoms with Gasteiger partial charge in [0.2, 0.25) is 0 Å². The number of nitro groups is 1. The SMILES string of the molecule is COc1ccc(NC(=O)c2cncc([N+](=O)[O-])c2)cc1. The lowest BCUT2D eigenvalue weighted by atomic mass is 10.2. The molecule has 102 valence electrons. The third-order valence-corrected chi connectivity index (χ3v) is 2.54. The second-order valence-electron chi connectivity index (χ2n) is 3.87. The van der Waals surface area contributed by atoms with E-state index in [-0.39, 0.29) is 11.3 Å². The number of nitrogens with zero attached hydrogens (tertiary/aromatic N) is 2. The summed E-state index contributed by atoms with van der Waals surface area (Å²) in [7, 11) is 1.54. The first-order valence-corrected chi connectivity index (χ1v) is 5.65. The van der Waals surface area contributed by atoms with Gasteiger partial charge in [0.1, 0.15) is 11.9 Å². The Hall–Kier alpha value is -2.96. The number of carbonyl (C=O) groups excluding carboxylic acids is 1. The van der Waals surface area contributed by atoms with Crippen molar-refractivity contribution in [1.29, 1.82) is 0 Å². The zero-order valence-electron chi connectivity index (χ0n) is 10.6. The molecule has 0 aliphatic carbocycles. The van der Waals surface area contributed by atoms with Gasteiger partial charge in [-0.1, -0.05) is 0 Å². The molecule has 1 aromatic heterocycles. The minimum Gasteiger partial charge on any atom is -0.497 e. The second kappa shape index (κ2) is 5.79. The van der Waals surface area contributed by atoms with E-state index in [1.54, 1.807) is 31.4 Å². The van der Waals surface area contributed by atoms with E-state index in [9.17, 15) is 14.9 Å². The molecule has 1 N–H and O–H groups in total.